The van der Waals surface area contributed by atoms with Crippen LogP contribution in [0.15, 0.2) is 0 Å². The Balaban J connectivity index is 4.04. The van der Waals surface area contributed by atoms with E-state index in [0.717, 1.165) is 24.9 Å². The van der Waals surface area contributed by atoms with E-state index in [2.05, 4.69) is 6.92 Å². The van der Waals surface area contributed by atoms with Crippen molar-refractivity contribution in [1.82, 2.24) is 0 Å². The van der Waals surface area contributed by atoms with Crippen LogP contribution in [0.25, 0.3) is 0 Å². The van der Waals surface area contributed by atoms with Gasteiger partial charge in [0, 0.05) is 20.3 Å². The second-order valence-electron chi connectivity index (χ2n) is 3.58. The molecule has 80 valence electrons. The van der Waals surface area contributed by atoms with E-state index in [1.165, 1.54) is 0 Å². The third kappa shape index (κ3) is 4.76. The summed E-state index contributed by atoms with van der Waals surface area (Å²) < 4.78 is 11.1. The molecule has 2 N–H and O–H groups in total. The Bertz CT molecular complexity index is 127. The molecule has 0 saturated carbocycles. The molecule has 0 bridgehead atoms. The van der Waals surface area contributed by atoms with E-state index in [1.54, 1.807) is 14.2 Å². The van der Waals surface area contributed by atoms with Gasteiger partial charge in [-0.15, -0.1) is 0 Å². The highest BCUT2D eigenvalue weighted by Crippen LogP contribution is 2.21. The standard InChI is InChI=1S/C9H23NO2Si/c1-5-7-13(11-3,12-4)8-6-9(2)10/h9H,5-8,10H2,1-4H3. The molecule has 0 aliphatic rings. The first-order chi connectivity index (χ1) is 6.10. The fourth-order valence-corrected chi connectivity index (χ4v) is 4.34. The van der Waals surface area contributed by atoms with Gasteiger partial charge in [0.15, 0.2) is 0 Å². The molecule has 0 spiro atoms. The van der Waals surface area contributed by atoms with Crippen LogP contribution in [0.5, 0.6) is 0 Å². The van der Waals surface area contributed by atoms with Crippen molar-refractivity contribution in [2.75, 3.05) is 14.2 Å². The van der Waals surface area contributed by atoms with Gasteiger partial charge in [0.1, 0.15) is 0 Å². The highest BCUT2D eigenvalue weighted by atomic mass is 28.4. The lowest BCUT2D eigenvalue weighted by Crippen LogP contribution is -2.40. The minimum atomic E-state index is -1.89. The molecule has 0 heterocycles. The van der Waals surface area contributed by atoms with Crippen LogP contribution in [0.4, 0.5) is 0 Å². The molecule has 13 heavy (non-hydrogen) atoms. The molecule has 1 unspecified atom stereocenters. The van der Waals surface area contributed by atoms with Gasteiger partial charge >= 0.3 is 8.56 Å². The molecule has 0 amide bonds. The Hall–Kier alpha value is 0.0969. The fraction of sp³-hybridized carbons (Fsp3) is 1.00. The summed E-state index contributed by atoms with van der Waals surface area (Å²) in [5.74, 6) is 0. The number of rotatable bonds is 7. The quantitative estimate of drug-likeness (QED) is 0.645. The molecule has 4 heteroatoms. The van der Waals surface area contributed by atoms with Crippen LogP contribution < -0.4 is 5.73 Å². The maximum atomic E-state index is 5.72. The summed E-state index contributed by atoms with van der Waals surface area (Å²) in [6, 6.07) is 2.31. The van der Waals surface area contributed by atoms with Crippen LogP contribution >= 0.6 is 0 Å². The maximum absolute atomic E-state index is 5.72. The Morgan fingerprint density at radius 3 is 2.08 bits per heavy atom. The molecule has 0 rings (SSSR count). The largest absolute Gasteiger partial charge is 0.398 e. The first-order valence-corrected chi connectivity index (χ1v) is 7.19. The zero-order valence-corrected chi connectivity index (χ0v) is 10.3. The minimum Gasteiger partial charge on any atom is -0.398 e. The van der Waals surface area contributed by atoms with Crippen LogP contribution in [0.2, 0.25) is 12.1 Å². The molecular formula is C9H23NO2Si. The minimum absolute atomic E-state index is 0.244. The average molecular weight is 205 g/mol. The van der Waals surface area contributed by atoms with Crippen molar-refractivity contribution in [2.24, 2.45) is 5.73 Å². The Kier molecular flexibility index (Phi) is 6.58. The van der Waals surface area contributed by atoms with Gasteiger partial charge in [-0.3, -0.25) is 0 Å². The number of nitrogens with two attached hydrogens (primary N) is 1. The van der Waals surface area contributed by atoms with Gasteiger partial charge in [-0.05, 0) is 25.4 Å². The molecule has 0 aromatic heterocycles. The van der Waals surface area contributed by atoms with E-state index in [-0.39, 0.29) is 6.04 Å². The van der Waals surface area contributed by atoms with Crippen molar-refractivity contribution in [3.05, 3.63) is 0 Å². The normalized spacial score (nSPS) is 14.5. The van der Waals surface area contributed by atoms with Gasteiger partial charge in [-0.1, -0.05) is 13.3 Å². The van der Waals surface area contributed by atoms with Gasteiger partial charge in [0.25, 0.3) is 0 Å². The summed E-state index contributed by atoms with van der Waals surface area (Å²) >= 11 is 0. The summed E-state index contributed by atoms with van der Waals surface area (Å²) in [7, 11) is 1.63. The summed E-state index contributed by atoms with van der Waals surface area (Å²) in [5, 5.41) is 0. The van der Waals surface area contributed by atoms with Gasteiger partial charge in [0.05, 0.1) is 0 Å². The summed E-state index contributed by atoms with van der Waals surface area (Å²) in [4.78, 5) is 0. The molecule has 0 aromatic rings. The molecule has 0 fully saturated rings. The predicted molar refractivity (Wildman–Crippen MR) is 57.9 cm³/mol. The Morgan fingerprint density at radius 1 is 1.23 bits per heavy atom. The van der Waals surface area contributed by atoms with E-state index < -0.39 is 8.56 Å². The topological polar surface area (TPSA) is 44.5 Å². The van der Waals surface area contributed by atoms with E-state index in [9.17, 15) is 0 Å². The van der Waals surface area contributed by atoms with Crippen LogP contribution in [-0.4, -0.2) is 28.8 Å². The Morgan fingerprint density at radius 2 is 1.77 bits per heavy atom. The van der Waals surface area contributed by atoms with Crippen molar-refractivity contribution < 1.29 is 8.85 Å². The van der Waals surface area contributed by atoms with E-state index in [4.69, 9.17) is 14.6 Å². The molecule has 3 nitrogen and oxygen atoms in total. The number of hydrogen-bond donors (Lipinski definition) is 1. The van der Waals surface area contributed by atoms with E-state index >= 15 is 0 Å². The van der Waals surface area contributed by atoms with Gasteiger partial charge < -0.3 is 14.6 Å². The third-order valence-corrected chi connectivity index (χ3v) is 6.16. The second-order valence-corrected chi connectivity index (χ2v) is 7.22. The lowest BCUT2D eigenvalue weighted by atomic mass is 10.3. The summed E-state index contributed by atoms with van der Waals surface area (Å²) in [5.41, 5.74) is 5.72. The van der Waals surface area contributed by atoms with Crippen molar-refractivity contribution >= 4 is 8.56 Å². The average Bonchev–Trinajstić information content (AvgIpc) is 2.12. The van der Waals surface area contributed by atoms with Crippen LogP contribution in [0.3, 0.4) is 0 Å². The number of hydrogen-bond acceptors (Lipinski definition) is 3. The first-order valence-electron chi connectivity index (χ1n) is 4.96. The molecule has 0 aliphatic heterocycles. The van der Waals surface area contributed by atoms with Gasteiger partial charge in [-0.25, -0.2) is 0 Å². The first kappa shape index (κ1) is 13.1. The van der Waals surface area contributed by atoms with Gasteiger partial charge in [-0.2, -0.15) is 0 Å². The Labute approximate surface area is 82.9 Å². The molecule has 0 radical (unpaired) electrons. The second kappa shape index (κ2) is 6.54. The van der Waals surface area contributed by atoms with Crippen molar-refractivity contribution in [3.8, 4) is 0 Å². The van der Waals surface area contributed by atoms with E-state index in [0.29, 0.717) is 0 Å². The summed E-state index contributed by atoms with van der Waals surface area (Å²) in [6.45, 7) is 4.18. The third-order valence-electron chi connectivity index (χ3n) is 2.36. The smallest absolute Gasteiger partial charge is 0.337 e. The van der Waals surface area contributed by atoms with Crippen LogP contribution in [0.1, 0.15) is 26.7 Å². The maximum Gasteiger partial charge on any atom is 0.337 e. The SMILES string of the molecule is CCC[Si](CCC(C)N)(OC)OC. The fourth-order valence-electron chi connectivity index (χ4n) is 1.45. The molecular weight excluding hydrogens is 182 g/mol. The van der Waals surface area contributed by atoms with Crippen LogP contribution in [0, 0.1) is 0 Å². The molecule has 0 aliphatic carbocycles. The van der Waals surface area contributed by atoms with Crippen molar-refractivity contribution in [2.45, 2.75) is 44.8 Å². The summed E-state index contributed by atoms with van der Waals surface area (Å²) in [6.07, 6.45) is 2.11. The van der Waals surface area contributed by atoms with Crippen LogP contribution in [-0.2, 0) is 8.85 Å². The lowest BCUT2D eigenvalue weighted by molar-refractivity contribution is 0.239. The molecule has 1 atom stereocenters. The zero-order chi connectivity index (χ0) is 10.3. The molecule has 0 saturated heterocycles. The van der Waals surface area contributed by atoms with Gasteiger partial charge in [0.2, 0.25) is 0 Å². The highest BCUT2D eigenvalue weighted by molar-refractivity contribution is 6.67. The lowest BCUT2D eigenvalue weighted by Gasteiger charge is -2.27. The predicted octanol–water partition coefficient (Wildman–Crippen LogP) is 1.87. The highest BCUT2D eigenvalue weighted by Gasteiger charge is 2.33. The molecule has 0 aromatic carbocycles. The monoisotopic (exact) mass is 205 g/mol. The van der Waals surface area contributed by atoms with Crippen molar-refractivity contribution in [3.63, 3.8) is 0 Å². The van der Waals surface area contributed by atoms with Crippen molar-refractivity contribution in [1.29, 1.82) is 0 Å². The zero-order valence-electron chi connectivity index (χ0n) is 9.30. The van der Waals surface area contributed by atoms with E-state index in [1.807, 2.05) is 6.92 Å².